The summed E-state index contributed by atoms with van der Waals surface area (Å²) in [6, 6.07) is 0. The average molecular weight is 166 g/mol. The summed E-state index contributed by atoms with van der Waals surface area (Å²) in [5.74, 6) is 2.42. The van der Waals surface area contributed by atoms with Gasteiger partial charge < -0.3 is 5.11 Å². The van der Waals surface area contributed by atoms with Crippen molar-refractivity contribution >= 4 is 0 Å². The Balaban J connectivity index is 3.61. The van der Waals surface area contributed by atoms with Gasteiger partial charge in [0.25, 0.3) is 0 Å². The summed E-state index contributed by atoms with van der Waals surface area (Å²) in [4.78, 5) is 0. The molecule has 0 fully saturated rings. The minimum atomic E-state index is -0.480. The third kappa shape index (κ3) is 4.98. The normalized spacial score (nSPS) is 15.8. The third-order valence-electron chi connectivity index (χ3n) is 1.83. The summed E-state index contributed by atoms with van der Waals surface area (Å²) in [7, 11) is 0. The Labute approximate surface area is 75.5 Å². The van der Waals surface area contributed by atoms with Crippen LogP contribution in [0.5, 0.6) is 0 Å². The molecule has 1 nitrogen and oxygen atoms in total. The maximum absolute atomic E-state index is 9.39. The number of unbranched alkanes of at least 4 members (excludes halogenated alkanes) is 2. The third-order valence-corrected chi connectivity index (χ3v) is 1.83. The van der Waals surface area contributed by atoms with Crippen LogP contribution in [-0.4, -0.2) is 11.2 Å². The van der Waals surface area contributed by atoms with Crippen molar-refractivity contribution in [3.05, 3.63) is 12.2 Å². The van der Waals surface area contributed by atoms with Gasteiger partial charge in [0, 0.05) is 5.92 Å². The van der Waals surface area contributed by atoms with Crippen molar-refractivity contribution in [1.29, 1.82) is 0 Å². The van der Waals surface area contributed by atoms with Crippen LogP contribution in [0.4, 0.5) is 0 Å². The second-order valence-electron chi connectivity index (χ2n) is 3.02. The first-order valence-electron chi connectivity index (χ1n) is 4.53. The molecule has 0 bridgehead atoms. The van der Waals surface area contributed by atoms with Crippen LogP contribution >= 0.6 is 0 Å². The van der Waals surface area contributed by atoms with E-state index < -0.39 is 6.10 Å². The predicted octanol–water partition coefficient (Wildman–Crippen LogP) is 2.36. The van der Waals surface area contributed by atoms with Crippen LogP contribution in [0.25, 0.3) is 0 Å². The van der Waals surface area contributed by atoms with E-state index >= 15 is 0 Å². The fraction of sp³-hybridized carbons (Fsp3) is 0.636. The molecule has 12 heavy (non-hydrogen) atoms. The van der Waals surface area contributed by atoms with Crippen molar-refractivity contribution in [2.75, 3.05) is 0 Å². The van der Waals surface area contributed by atoms with Crippen molar-refractivity contribution in [2.45, 2.75) is 39.2 Å². The number of hydrogen-bond donors (Lipinski definition) is 1. The number of hydrogen-bond acceptors (Lipinski definition) is 1. The van der Waals surface area contributed by atoms with E-state index in [4.69, 9.17) is 6.42 Å². The summed E-state index contributed by atoms with van der Waals surface area (Å²) in [5, 5.41) is 9.39. The lowest BCUT2D eigenvalue weighted by Gasteiger charge is -2.07. The molecule has 0 aliphatic heterocycles. The van der Waals surface area contributed by atoms with Crippen LogP contribution in [0.15, 0.2) is 12.2 Å². The predicted molar refractivity (Wildman–Crippen MR) is 52.7 cm³/mol. The second kappa shape index (κ2) is 6.94. The molecule has 0 saturated heterocycles. The van der Waals surface area contributed by atoms with Gasteiger partial charge in [0.1, 0.15) is 0 Å². The van der Waals surface area contributed by atoms with E-state index in [-0.39, 0.29) is 5.92 Å². The smallest absolute Gasteiger partial charge is 0.0855 e. The molecule has 0 spiro atoms. The molecule has 0 aromatic rings. The van der Waals surface area contributed by atoms with Crippen LogP contribution in [0.2, 0.25) is 0 Å². The van der Waals surface area contributed by atoms with E-state index in [9.17, 15) is 5.11 Å². The standard InChI is InChI=1S/C11H18O/c1-4-6-7-8-9-11(12)10(3)5-2/h2,8-12H,4,6-7H2,1,3H3/b9-8+/t10-,11-/m0/s1. The van der Waals surface area contributed by atoms with Crippen molar-refractivity contribution in [2.24, 2.45) is 5.92 Å². The monoisotopic (exact) mass is 166 g/mol. The molecule has 0 aliphatic rings. The largest absolute Gasteiger partial charge is 0.388 e. The number of aliphatic hydroxyl groups is 1. The first-order valence-corrected chi connectivity index (χ1v) is 4.53. The van der Waals surface area contributed by atoms with Gasteiger partial charge in [0.05, 0.1) is 6.10 Å². The van der Waals surface area contributed by atoms with Gasteiger partial charge >= 0.3 is 0 Å². The second-order valence-corrected chi connectivity index (χ2v) is 3.02. The molecule has 0 unspecified atom stereocenters. The minimum absolute atomic E-state index is 0.0807. The van der Waals surface area contributed by atoms with Gasteiger partial charge in [-0.05, 0) is 13.3 Å². The highest BCUT2D eigenvalue weighted by atomic mass is 16.3. The van der Waals surface area contributed by atoms with Crippen LogP contribution in [-0.2, 0) is 0 Å². The fourth-order valence-electron chi connectivity index (χ4n) is 0.823. The van der Waals surface area contributed by atoms with E-state index in [1.165, 1.54) is 12.8 Å². The molecule has 1 N–H and O–H groups in total. The lowest BCUT2D eigenvalue weighted by atomic mass is 10.1. The zero-order valence-corrected chi connectivity index (χ0v) is 7.96. The molecule has 0 aromatic heterocycles. The Kier molecular flexibility index (Phi) is 6.51. The van der Waals surface area contributed by atoms with Crippen molar-refractivity contribution < 1.29 is 5.11 Å². The maximum Gasteiger partial charge on any atom is 0.0855 e. The van der Waals surface area contributed by atoms with Gasteiger partial charge in [-0.1, -0.05) is 31.9 Å². The topological polar surface area (TPSA) is 20.2 Å². The molecule has 2 atom stereocenters. The van der Waals surface area contributed by atoms with E-state index in [2.05, 4.69) is 12.8 Å². The van der Waals surface area contributed by atoms with E-state index in [0.717, 1.165) is 6.42 Å². The minimum Gasteiger partial charge on any atom is -0.388 e. The lowest BCUT2D eigenvalue weighted by Crippen LogP contribution is -2.12. The number of aliphatic hydroxyl groups excluding tert-OH is 1. The Hall–Kier alpha value is -0.740. The molecule has 0 amide bonds. The van der Waals surface area contributed by atoms with Gasteiger partial charge in [0.2, 0.25) is 0 Å². The van der Waals surface area contributed by atoms with Gasteiger partial charge in [0.15, 0.2) is 0 Å². The molecule has 0 aliphatic carbocycles. The average Bonchev–Trinajstić information content (AvgIpc) is 2.10. The fourth-order valence-corrected chi connectivity index (χ4v) is 0.823. The zero-order valence-electron chi connectivity index (χ0n) is 7.96. The van der Waals surface area contributed by atoms with Crippen molar-refractivity contribution in [1.82, 2.24) is 0 Å². The Bertz CT molecular complexity index is 164. The van der Waals surface area contributed by atoms with Crippen LogP contribution in [0, 0.1) is 18.3 Å². The Morgan fingerprint density at radius 1 is 1.58 bits per heavy atom. The summed E-state index contributed by atoms with van der Waals surface area (Å²) in [5.41, 5.74) is 0. The highest BCUT2D eigenvalue weighted by molar-refractivity contribution is 5.01. The van der Waals surface area contributed by atoms with E-state index in [0.29, 0.717) is 0 Å². The lowest BCUT2D eigenvalue weighted by molar-refractivity contribution is 0.189. The highest BCUT2D eigenvalue weighted by Crippen LogP contribution is 2.04. The summed E-state index contributed by atoms with van der Waals surface area (Å²) < 4.78 is 0. The number of terminal acetylenes is 1. The zero-order chi connectivity index (χ0) is 9.40. The Morgan fingerprint density at radius 3 is 2.75 bits per heavy atom. The van der Waals surface area contributed by atoms with Crippen molar-refractivity contribution in [3.8, 4) is 12.3 Å². The summed E-state index contributed by atoms with van der Waals surface area (Å²) in [6.07, 6.45) is 11.9. The number of allylic oxidation sites excluding steroid dienone is 1. The molecule has 0 aromatic carbocycles. The molecule has 0 saturated carbocycles. The quantitative estimate of drug-likeness (QED) is 0.377. The molecule has 0 radical (unpaired) electrons. The molecule has 0 rings (SSSR count). The first kappa shape index (κ1) is 11.3. The van der Waals surface area contributed by atoms with Crippen LogP contribution in [0.3, 0.4) is 0 Å². The molecular formula is C11H18O. The maximum atomic E-state index is 9.39. The number of rotatable bonds is 5. The summed E-state index contributed by atoms with van der Waals surface area (Å²) >= 11 is 0. The molecule has 0 heterocycles. The van der Waals surface area contributed by atoms with Gasteiger partial charge in [-0.3, -0.25) is 0 Å². The van der Waals surface area contributed by atoms with Gasteiger partial charge in [-0.25, -0.2) is 0 Å². The summed E-state index contributed by atoms with van der Waals surface area (Å²) in [6.45, 7) is 3.99. The van der Waals surface area contributed by atoms with Crippen LogP contribution < -0.4 is 0 Å². The van der Waals surface area contributed by atoms with Crippen LogP contribution in [0.1, 0.15) is 33.1 Å². The molecule has 1 heteroatoms. The molecular weight excluding hydrogens is 148 g/mol. The van der Waals surface area contributed by atoms with E-state index in [1.807, 2.05) is 13.0 Å². The van der Waals surface area contributed by atoms with Crippen molar-refractivity contribution in [3.63, 3.8) is 0 Å². The van der Waals surface area contributed by atoms with E-state index in [1.54, 1.807) is 6.08 Å². The SMILES string of the molecule is C#C[C@H](C)[C@@H](O)/C=C/CCCC. The van der Waals surface area contributed by atoms with Gasteiger partial charge in [-0.15, -0.1) is 12.3 Å². The first-order chi connectivity index (χ1) is 5.72. The van der Waals surface area contributed by atoms with Gasteiger partial charge in [-0.2, -0.15) is 0 Å². The Morgan fingerprint density at radius 2 is 2.25 bits per heavy atom. The molecule has 68 valence electrons. The highest BCUT2D eigenvalue weighted by Gasteiger charge is 2.05.